The number of methoxy groups -OCH3 is 1. The summed E-state index contributed by atoms with van der Waals surface area (Å²) >= 11 is 0. The third-order valence-corrected chi connectivity index (χ3v) is 3.64. The third-order valence-electron chi connectivity index (χ3n) is 3.64. The van der Waals surface area contributed by atoms with Crippen LogP contribution in [0, 0.1) is 0 Å². The molecule has 6 heteroatoms. The molecule has 0 saturated heterocycles. The van der Waals surface area contributed by atoms with Crippen LogP contribution in [0.25, 0.3) is 11.1 Å². The lowest BCUT2D eigenvalue weighted by atomic mass is 10.2. The van der Waals surface area contributed by atoms with Crippen molar-refractivity contribution < 1.29 is 18.7 Å². The number of aryl methyl sites for hydroxylation is 1. The minimum Gasteiger partial charge on any atom is -0.494 e. The van der Waals surface area contributed by atoms with Gasteiger partial charge in [-0.15, -0.1) is 0 Å². The van der Waals surface area contributed by atoms with Crippen LogP contribution in [0.2, 0.25) is 0 Å². The van der Waals surface area contributed by atoms with Gasteiger partial charge in [0, 0.05) is 6.54 Å². The van der Waals surface area contributed by atoms with E-state index in [1.807, 2.05) is 18.2 Å². The molecule has 0 radical (unpaired) electrons. The van der Waals surface area contributed by atoms with E-state index in [0.717, 1.165) is 5.52 Å². The zero-order chi connectivity index (χ0) is 16.9. The number of hydrogen-bond donors (Lipinski definition) is 0. The van der Waals surface area contributed by atoms with Crippen LogP contribution >= 0.6 is 0 Å². The molecule has 0 aliphatic heterocycles. The molecule has 2 aromatic carbocycles. The Balaban J connectivity index is 1.56. The molecule has 0 atom stereocenters. The van der Waals surface area contributed by atoms with Gasteiger partial charge in [0.15, 0.2) is 5.58 Å². The van der Waals surface area contributed by atoms with Gasteiger partial charge in [0.05, 0.1) is 24.8 Å². The lowest BCUT2D eigenvalue weighted by Gasteiger charge is -2.07. The smallest absolute Gasteiger partial charge is 0.419 e. The summed E-state index contributed by atoms with van der Waals surface area (Å²) in [6.07, 6.45) is 0.655. The number of para-hydroxylation sites is 2. The number of rotatable bonds is 6. The van der Waals surface area contributed by atoms with E-state index < -0.39 is 0 Å². The molecular formula is C18H17NO5. The molecule has 0 aliphatic carbocycles. The zero-order valence-corrected chi connectivity index (χ0v) is 13.2. The molecule has 0 fully saturated rings. The van der Waals surface area contributed by atoms with Crippen molar-refractivity contribution in [2.45, 2.75) is 13.0 Å². The number of oxazole rings is 1. The van der Waals surface area contributed by atoms with Crippen molar-refractivity contribution in [2.24, 2.45) is 0 Å². The first-order valence-electron chi connectivity index (χ1n) is 7.58. The topological polar surface area (TPSA) is 70.7 Å². The predicted octanol–water partition coefficient (Wildman–Crippen LogP) is 2.85. The van der Waals surface area contributed by atoms with E-state index in [4.69, 9.17) is 9.15 Å². The van der Waals surface area contributed by atoms with Crippen LogP contribution < -0.4 is 10.5 Å². The summed E-state index contributed by atoms with van der Waals surface area (Å²) in [4.78, 5) is 23.2. The lowest BCUT2D eigenvalue weighted by Crippen LogP contribution is -2.15. The van der Waals surface area contributed by atoms with Gasteiger partial charge in [-0.2, -0.15) is 0 Å². The maximum Gasteiger partial charge on any atom is 0.419 e. The number of fused-ring (bicyclic) bond motifs is 1. The quantitative estimate of drug-likeness (QED) is 0.514. The maximum atomic E-state index is 11.8. The number of carbonyl (C=O) groups is 1. The average Bonchev–Trinajstić information content (AvgIpc) is 2.94. The van der Waals surface area contributed by atoms with Crippen LogP contribution in [-0.4, -0.2) is 24.3 Å². The zero-order valence-electron chi connectivity index (χ0n) is 13.2. The molecule has 0 bridgehead atoms. The number of aromatic nitrogens is 1. The Bertz CT molecular complexity index is 892. The Morgan fingerprint density at radius 1 is 1.12 bits per heavy atom. The number of benzene rings is 2. The monoisotopic (exact) mass is 327 g/mol. The standard InChI is InChI=1S/C18H17NO5/c1-22-17(20)13-7-9-14(10-8-13)23-12-4-11-19-15-5-2-3-6-16(15)24-18(19)21/h2-3,5-10H,4,11-12H2,1H3. The van der Waals surface area contributed by atoms with Crippen LogP contribution in [0.1, 0.15) is 16.8 Å². The Kier molecular flexibility index (Phi) is 4.65. The van der Waals surface area contributed by atoms with Gasteiger partial charge in [0.25, 0.3) is 0 Å². The highest BCUT2D eigenvalue weighted by atomic mass is 16.5. The summed E-state index contributed by atoms with van der Waals surface area (Å²) in [6.45, 7) is 0.958. The van der Waals surface area contributed by atoms with E-state index in [2.05, 4.69) is 4.74 Å². The van der Waals surface area contributed by atoms with Crippen LogP contribution in [0.3, 0.4) is 0 Å². The molecule has 3 rings (SSSR count). The summed E-state index contributed by atoms with van der Waals surface area (Å²) in [5.74, 6) is -0.0848. The van der Waals surface area contributed by atoms with Gasteiger partial charge in [-0.05, 0) is 42.8 Å². The van der Waals surface area contributed by atoms with Gasteiger partial charge in [0.2, 0.25) is 0 Å². The highest BCUT2D eigenvalue weighted by molar-refractivity contribution is 5.89. The van der Waals surface area contributed by atoms with Crippen molar-refractivity contribution in [2.75, 3.05) is 13.7 Å². The van der Waals surface area contributed by atoms with Crippen molar-refractivity contribution >= 4 is 17.1 Å². The van der Waals surface area contributed by atoms with Crippen molar-refractivity contribution in [1.29, 1.82) is 0 Å². The second-order valence-electron chi connectivity index (χ2n) is 5.21. The molecule has 0 aliphatic rings. The van der Waals surface area contributed by atoms with E-state index >= 15 is 0 Å². The third kappa shape index (κ3) is 3.32. The molecule has 0 amide bonds. The first-order valence-corrected chi connectivity index (χ1v) is 7.58. The van der Waals surface area contributed by atoms with Crippen LogP contribution in [-0.2, 0) is 11.3 Å². The Morgan fingerprint density at radius 2 is 1.88 bits per heavy atom. The minimum absolute atomic E-state index is 0.362. The van der Waals surface area contributed by atoms with Gasteiger partial charge in [-0.25, -0.2) is 9.59 Å². The summed E-state index contributed by atoms with van der Waals surface area (Å²) in [5, 5.41) is 0. The van der Waals surface area contributed by atoms with Crippen LogP contribution in [0.5, 0.6) is 5.75 Å². The molecule has 24 heavy (non-hydrogen) atoms. The number of ether oxygens (including phenoxy) is 2. The molecule has 6 nitrogen and oxygen atoms in total. The first-order chi connectivity index (χ1) is 11.7. The lowest BCUT2D eigenvalue weighted by molar-refractivity contribution is 0.0600. The Labute approximate surface area is 138 Å². The Hall–Kier alpha value is -3.02. The SMILES string of the molecule is COC(=O)c1ccc(OCCCn2c(=O)oc3ccccc32)cc1. The van der Waals surface area contributed by atoms with Crippen LogP contribution in [0.4, 0.5) is 0 Å². The summed E-state index contributed by atoms with van der Waals surface area (Å²) in [7, 11) is 1.34. The predicted molar refractivity (Wildman–Crippen MR) is 88.4 cm³/mol. The van der Waals surface area contributed by atoms with E-state index in [1.54, 1.807) is 34.9 Å². The molecule has 0 saturated carbocycles. The van der Waals surface area contributed by atoms with Crippen molar-refractivity contribution in [3.05, 3.63) is 64.6 Å². The van der Waals surface area contributed by atoms with Gasteiger partial charge in [-0.3, -0.25) is 4.57 Å². The fraction of sp³-hybridized carbons (Fsp3) is 0.222. The van der Waals surface area contributed by atoms with Gasteiger partial charge < -0.3 is 13.9 Å². The average molecular weight is 327 g/mol. The maximum absolute atomic E-state index is 11.8. The molecule has 3 aromatic rings. The first kappa shape index (κ1) is 15.9. The largest absolute Gasteiger partial charge is 0.494 e. The number of nitrogens with zero attached hydrogens (tertiary/aromatic N) is 1. The minimum atomic E-state index is -0.382. The molecular weight excluding hydrogens is 310 g/mol. The van der Waals surface area contributed by atoms with E-state index in [-0.39, 0.29) is 11.7 Å². The molecule has 0 unspecified atom stereocenters. The highest BCUT2D eigenvalue weighted by Gasteiger charge is 2.08. The van der Waals surface area contributed by atoms with Gasteiger partial charge in [0.1, 0.15) is 5.75 Å². The molecule has 0 N–H and O–H groups in total. The molecule has 1 heterocycles. The second kappa shape index (κ2) is 7.04. The second-order valence-corrected chi connectivity index (χ2v) is 5.21. The van der Waals surface area contributed by atoms with Gasteiger partial charge >= 0.3 is 11.7 Å². The molecule has 1 aromatic heterocycles. The number of esters is 1. The summed E-state index contributed by atoms with van der Waals surface area (Å²) in [6, 6.07) is 14.0. The highest BCUT2D eigenvalue weighted by Crippen LogP contribution is 2.14. The van der Waals surface area contributed by atoms with Crippen molar-refractivity contribution in [1.82, 2.24) is 4.57 Å². The summed E-state index contributed by atoms with van der Waals surface area (Å²) < 4.78 is 17.0. The molecule has 0 spiro atoms. The normalized spacial score (nSPS) is 10.7. The van der Waals surface area contributed by atoms with Crippen molar-refractivity contribution in [3.8, 4) is 5.75 Å². The number of carbonyl (C=O) groups excluding carboxylic acids is 1. The van der Waals surface area contributed by atoms with E-state index in [9.17, 15) is 9.59 Å². The van der Waals surface area contributed by atoms with E-state index in [0.29, 0.717) is 36.5 Å². The fourth-order valence-corrected chi connectivity index (χ4v) is 2.44. The van der Waals surface area contributed by atoms with E-state index in [1.165, 1.54) is 7.11 Å². The number of hydrogen-bond acceptors (Lipinski definition) is 5. The van der Waals surface area contributed by atoms with Crippen LogP contribution in [0.15, 0.2) is 57.7 Å². The molecule has 124 valence electrons. The Morgan fingerprint density at radius 3 is 2.62 bits per heavy atom. The fourth-order valence-electron chi connectivity index (χ4n) is 2.44. The van der Waals surface area contributed by atoms with Gasteiger partial charge in [-0.1, -0.05) is 12.1 Å². The summed E-state index contributed by atoms with van der Waals surface area (Å²) in [5.41, 5.74) is 1.84. The van der Waals surface area contributed by atoms with Crippen molar-refractivity contribution in [3.63, 3.8) is 0 Å².